The second kappa shape index (κ2) is 6.72. The van der Waals surface area contributed by atoms with Crippen molar-refractivity contribution >= 4 is 16.0 Å². The Labute approximate surface area is 112 Å². The van der Waals surface area contributed by atoms with Crippen LogP contribution in [0.15, 0.2) is 21.6 Å². The Balaban J connectivity index is 2.49. The number of furan rings is 1. The van der Waals surface area contributed by atoms with Crippen molar-refractivity contribution in [2.45, 2.75) is 38.2 Å². The highest BCUT2D eigenvalue weighted by Gasteiger charge is 2.20. The Hall–Kier alpha value is -1.34. The summed E-state index contributed by atoms with van der Waals surface area (Å²) in [6.45, 7) is 4.54. The molecule has 0 aliphatic carbocycles. The minimum Gasteiger partial charge on any atom is -0.475 e. The van der Waals surface area contributed by atoms with E-state index in [-0.39, 0.29) is 10.9 Å². The number of rotatable bonds is 8. The molecule has 0 fully saturated rings. The van der Waals surface area contributed by atoms with Crippen molar-refractivity contribution in [2.24, 2.45) is 5.92 Å². The second-order valence-corrected chi connectivity index (χ2v) is 6.41. The Kier molecular flexibility index (Phi) is 5.56. The van der Waals surface area contributed by atoms with Gasteiger partial charge in [-0.2, -0.15) is 0 Å². The number of carboxylic acids is 1. The molecule has 1 aromatic heterocycles. The zero-order valence-corrected chi connectivity index (χ0v) is 11.9. The second-order valence-electron chi connectivity index (χ2n) is 4.71. The molecule has 1 aromatic rings. The average Bonchev–Trinajstić information content (AvgIpc) is 2.77. The van der Waals surface area contributed by atoms with E-state index in [0.29, 0.717) is 12.5 Å². The van der Waals surface area contributed by atoms with Gasteiger partial charge < -0.3 is 9.52 Å². The van der Waals surface area contributed by atoms with Crippen LogP contribution in [-0.2, 0) is 10.0 Å². The van der Waals surface area contributed by atoms with Gasteiger partial charge in [0.1, 0.15) is 0 Å². The third-order valence-electron chi connectivity index (χ3n) is 2.56. The van der Waals surface area contributed by atoms with Gasteiger partial charge in [0, 0.05) is 6.54 Å². The molecule has 0 amide bonds. The number of unbranched alkanes of at least 4 members (excludes halogenated alkanes) is 1. The van der Waals surface area contributed by atoms with Gasteiger partial charge >= 0.3 is 5.97 Å². The van der Waals surface area contributed by atoms with Gasteiger partial charge in [-0.1, -0.05) is 26.7 Å². The van der Waals surface area contributed by atoms with Crippen LogP contribution in [0.4, 0.5) is 0 Å². The van der Waals surface area contributed by atoms with Crippen molar-refractivity contribution in [2.75, 3.05) is 6.54 Å². The third kappa shape index (κ3) is 5.04. The van der Waals surface area contributed by atoms with E-state index in [1.54, 1.807) is 0 Å². The van der Waals surface area contributed by atoms with Crippen molar-refractivity contribution in [1.29, 1.82) is 0 Å². The van der Waals surface area contributed by atoms with E-state index in [4.69, 9.17) is 9.52 Å². The zero-order chi connectivity index (χ0) is 14.5. The van der Waals surface area contributed by atoms with E-state index in [1.807, 2.05) is 0 Å². The van der Waals surface area contributed by atoms with E-state index < -0.39 is 16.0 Å². The first-order valence-corrected chi connectivity index (χ1v) is 7.64. The number of nitrogens with one attached hydrogen (secondary N) is 1. The van der Waals surface area contributed by atoms with E-state index in [2.05, 4.69) is 18.6 Å². The first-order valence-electron chi connectivity index (χ1n) is 6.15. The highest BCUT2D eigenvalue weighted by Crippen LogP contribution is 2.14. The minimum atomic E-state index is -3.75. The molecule has 6 nitrogen and oxygen atoms in total. The zero-order valence-electron chi connectivity index (χ0n) is 11.0. The predicted molar refractivity (Wildman–Crippen MR) is 69.5 cm³/mol. The fourth-order valence-electron chi connectivity index (χ4n) is 1.53. The van der Waals surface area contributed by atoms with E-state index in [9.17, 15) is 13.2 Å². The van der Waals surface area contributed by atoms with Crippen LogP contribution in [0.1, 0.15) is 43.7 Å². The molecule has 0 saturated carbocycles. The van der Waals surface area contributed by atoms with E-state index in [0.717, 1.165) is 31.4 Å². The maximum Gasteiger partial charge on any atom is 0.371 e. The maximum absolute atomic E-state index is 11.8. The van der Waals surface area contributed by atoms with Gasteiger partial charge in [-0.15, -0.1) is 0 Å². The topological polar surface area (TPSA) is 96.6 Å². The Morgan fingerprint density at radius 1 is 1.37 bits per heavy atom. The molecule has 1 heterocycles. The molecule has 7 heteroatoms. The number of sulfonamides is 1. The van der Waals surface area contributed by atoms with Crippen LogP contribution >= 0.6 is 0 Å². The lowest BCUT2D eigenvalue weighted by molar-refractivity contribution is 0.0656. The van der Waals surface area contributed by atoms with Gasteiger partial charge in [-0.05, 0) is 24.5 Å². The summed E-state index contributed by atoms with van der Waals surface area (Å²) in [7, 11) is -3.75. The van der Waals surface area contributed by atoms with Gasteiger partial charge in [0.05, 0.1) is 0 Å². The molecule has 0 aliphatic rings. The Morgan fingerprint density at radius 2 is 2.05 bits per heavy atom. The molecule has 0 atom stereocenters. The fraction of sp³-hybridized carbons (Fsp3) is 0.583. The summed E-state index contributed by atoms with van der Waals surface area (Å²) in [6, 6.07) is 2.26. The Bertz CT molecular complexity index is 518. The van der Waals surface area contributed by atoms with Gasteiger partial charge in [0.15, 0.2) is 0 Å². The maximum atomic E-state index is 11.8. The first kappa shape index (κ1) is 15.7. The van der Waals surface area contributed by atoms with E-state index in [1.165, 1.54) is 0 Å². The number of carboxylic acid groups (broad SMARTS) is 1. The molecule has 0 spiro atoms. The highest BCUT2D eigenvalue weighted by atomic mass is 32.2. The largest absolute Gasteiger partial charge is 0.475 e. The molecular weight excluding hydrogens is 270 g/mol. The summed E-state index contributed by atoms with van der Waals surface area (Å²) in [5.41, 5.74) is 0. The Morgan fingerprint density at radius 3 is 2.58 bits per heavy atom. The summed E-state index contributed by atoms with van der Waals surface area (Å²) < 4.78 is 30.7. The SMILES string of the molecule is CC(C)CCCCNS(=O)(=O)c1ccc(C(=O)O)o1. The summed E-state index contributed by atoms with van der Waals surface area (Å²) in [4.78, 5) is 10.6. The van der Waals surface area contributed by atoms with Crippen LogP contribution in [0.3, 0.4) is 0 Å². The molecule has 0 bridgehead atoms. The van der Waals surface area contributed by atoms with Gasteiger partial charge in [-0.3, -0.25) is 0 Å². The molecule has 108 valence electrons. The fourth-order valence-corrected chi connectivity index (χ4v) is 2.54. The number of hydrogen-bond acceptors (Lipinski definition) is 4. The normalized spacial score (nSPS) is 11.9. The summed E-state index contributed by atoms with van der Waals surface area (Å²) >= 11 is 0. The van der Waals surface area contributed by atoms with Crippen LogP contribution in [0.25, 0.3) is 0 Å². The summed E-state index contributed by atoms with van der Waals surface area (Å²) in [6.07, 6.45) is 2.73. The van der Waals surface area contributed by atoms with Gasteiger partial charge in [0.25, 0.3) is 10.0 Å². The predicted octanol–water partition coefficient (Wildman–Crippen LogP) is 2.08. The first-order chi connectivity index (χ1) is 8.83. The van der Waals surface area contributed by atoms with Crippen molar-refractivity contribution in [3.05, 3.63) is 17.9 Å². The van der Waals surface area contributed by atoms with E-state index >= 15 is 0 Å². The molecule has 0 unspecified atom stereocenters. The van der Waals surface area contributed by atoms with Crippen molar-refractivity contribution in [3.63, 3.8) is 0 Å². The molecule has 1 rings (SSSR count). The van der Waals surface area contributed by atoms with Crippen LogP contribution in [0.2, 0.25) is 0 Å². The standard InChI is InChI=1S/C12H19NO5S/c1-9(2)5-3-4-8-13-19(16,17)11-7-6-10(18-11)12(14)15/h6-7,9,13H,3-5,8H2,1-2H3,(H,14,15). The summed E-state index contributed by atoms with van der Waals surface area (Å²) in [5.74, 6) is -1.08. The van der Waals surface area contributed by atoms with Crippen LogP contribution in [0, 0.1) is 5.92 Å². The molecule has 2 N–H and O–H groups in total. The lowest BCUT2D eigenvalue weighted by Crippen LogP contribution is -2.24. The molecule has 0 aliphatic heterocycles. The minimum absolute atomic E-state index is 0.318. The molecule has 19 heavy (non-hydrogen) atoms. The van der Waals surface area contributed by atoms with Gasteiger partial charge in [0.2, 0.25) is 10.9 Å². The molecular formula is C12H19NO5S. The average molecular weight is 289 g/mol. The van der Waals surface area contributed by atoms with Crippen molar-refractivity contribution in [1.82, 2.24) is 4.72 Å². The lowest BCUT2D eigenvalue weighted by atomic mass is 10.1. The quantitative estimate of drug-likeness (QED) is 0.714. The molecule has 0 aromatic carbocycles. The molecule has 0 radical (unpaired) electrons. The monoisotopic (exact) mass is 289 g/mol. The number of carbonyl (C=O) groups is 1. The third-order valence-corrected chi connectivity index (χ3v) is 3.89. The van der Waals surface area contributed by atoms with Crippen molar-refractivity contribution in [3.8, 4) is 0 Å². The smallest absolute Gasteiger partial charge is 0.371 e. The van der Waals surface area contributed by atoms with Crippen LogP contribution in [0.5, 0.6) is 0 Å². The number of aromatic carboxylic acids is 1. The summed E-state index contributed by atoms with van der Waals surface area (Å²) in [5, 5.41) is 8.29. The highest BCUT2D eigenvalue weighted by molar-refractivity contribution is 7.89. The van der Waals surface area contributed by atoms with Gasteiger partial charge in [-0.25, -0.2) is 17.9 Å². The van der Waals surface area contributed by atoms with Crippen molar-refractivity contribution < 1.29 is 22.7 Å². The van der Waals surface area contributed by atoms with Crippen LogP contribution < -0.4 is 4.72 Å². The number of hydrogen-bond donors (Lipinski definition) is 2. The lowest BCUT2D eigenvalue weighted by Gasteiger charge is -2.05. The molecule has 0 saturated heterocycles. The van der Waals surface area contributed by atoms with Crippen LogP contribution in [-0.4, -0.2) is 26.0 Å².